The predicted octanol–water partition coefficient (Wildman–Crippen LogP) is 4.60. The summed E-state index contributed by atoms with van der Waals surface area (Å²) in [6, 6.07) is 27.9. The van der Waals surface area contributed by atoms with Gasteiger partial charge in [0.05, 0.1) is 11.8 Å². The normalized spacial score (nSPS) is 15.6. The number of hydrogen-bond donors (Lipinski definition) is 0. The summed E-state index contributed by atoms with van der Waals surface area (Å²) in [5, 5.41) is 2.61. The van der Waals surface area contributed by atoms with Crippen molar-refractivity contribution in [1.82, 2.24) is 4.98 Å². The molecule has 0 aliphatic heterocycles. The van der Waals surface area contributed by atoms with Crippen LogP contribution < -0.4 is 10.4 Å². The van der Waals surface area contributed by atoms with Crippen LogP contribution >= 0.6 is 0 Å². The zero-order valence-corrected chi connectivity index (χ0v) is 18.2. The van der Waals surface area contributed by atoms with Crippen LogP contribution in [0.5, 0.6) is 0 Å². The fourth-order valence-corrected chi connectivity index (χ4v) is 6.34. The largest absolute Gasteiger partial charge is 0.402 e. The topological polar surface area (TPSA) is 22.1 Å². The molecule has 1 atom stereocenters. The van der Waals surface area contributed by atoms with Crippen LogP contribution in [0.15, 0.2) is 78.9 Å². The minimum Gasteiger partial charge on any atom is -0.402 e. The first-order valence-corrected chi connectivity index (χ1v) is 11.9. The van der Waals surface area contributed by atoms with Crippen molar-refractivity contribution in [2.75, 3.05) is 0 Å². The van der Waals surface area contributed by atoms with Crippen LogP contribution in [-0.2, 0) is 4.43 Å². The van der Waals surface area contributed by atoms with Gasteiger partial charge in [-0.05, 0) is 40.8 Å². The lowest BCUT2D eigenvalue weighted by atomic mass is 9.87. The minimum absolute atomic E-state index is 0.0377. The van der Waals surface area contributed by atoms with Gasteiger partial charge in [0.2, 0.25) is 9.04 Å². The standard InChI is InChI=1S/C25H29NOSi/c1-25(2,3)24(23-16-10-15-22(26-23)19-17-18-19)27-28(20-11-6-4-7-12-20)21-13-8-5-9-14-21/h4-16,19,24,28H,17-18H2,1-3H3. The van der Waals surface area contributed by atoms with Crippen LogP contribution in [0.4, 0.5) is 0 Å². The molecular weight excluding hydrogens is 358 g/mol. The molecule has 0 spiro atoms. The van der Waals surface area contributed by atoms with Gasteiger partial charge in [0, 0.05) is 11.6 Å². The van der Waals surface area contributed by atoms with Crippen molar-refractivity contribution in [1.29, 1.82) is 0 Å². The van der Waals surface area contributed by atoms with E-state index in [1.165, 1.54) is 28.9 Å². The molecule has 0 bridgehead atoms. The fourth-order valence-electron chi connectivity index (χ4n) is 3.68. The SMILES string of the molecule is CC(C)(C)C(O[SiH](c1ccccc1)c1ccccc1)c1cccc(C2CC2)n1. The highest BCUT2D eigenvalue weighted by molar-refractivity contribution is 6.80. The monoisotopic (exact) mass is 387 g/mol. The highest BCUT2D eigenvalue weighted by Gasteiger charge is 2.34. The molecule has 28 heavy (non-hydrogen) atoms. The average Bonchev–Trinajstić information content (AvgIpc) is 3.55. The van der Waals surface area contributed by atoms with Gasteiger partial charge < -0.3 is 4.43 Å². The second-order valence-electron chi connectivity index (χ2n) is 8.85. The summed E-state index contributed by atoms with van der Waals surface area (Å²) in [5.74, 6) is 0.650. The van der Waals surface area contributed by atoms with E-state index in [0.29, 0.717) is 5.92 Å². The van der Waals surface area contributed by atoms with Gasteiger partial charge in [-0.25, -0.2) is 0 Å². The van der Waals surface area contributed by atoms with E-state index < -0.39 is 9.04 Å². The number of pyridine rings is 1. The van der Waals surface area contributed by atoms with Gasteiger partial charge in [-0.15, -0.1) is 0 Å². The molecule has 3 aromatic rings. The van der Waals surface area contributed by atoms with Crippen molar-refractivity contribution < 1.29 is 4.43 Å². The molecule has 2 nitrogen and oxygen atoms in total. The zero-order valence-electron chi connectivity index (χ0n) is 17.0. The molecule has 1 fully saturated rings. The van der Waals surface area contributed by atoms with Gasteiger partial charge in [-0.1, -0.05) is 87.5 Å². The molecule has 1 saturated carbocycles. The van der Waals surface area contributed by atoms with Crippen molar-refractivity contribution in [3.63, 3.8) is 0 Å². The molecule has 2 aromatic carbocycles. The van der Waals surface area contributed by atoms with Gasteiger partial charge in [-0.3, -0.25) is 4.98 Å². The first-order chi connectivity index (χ1) is 13.5. The maximum Gasteiger partial charge on any atom is 0.240 e. The van der Waals surface area contributed by atoms with E-state index >= 15 is 0 Å². The third kappa shape index (κ3) is 4.42. The molecule has 1 aliphatic rings. The molecule has 0 saturated heterocycles. The molecular formula is C25H29NOSi. The Kier molecular flexibility index (Phi) is 5.47. The molecule has 1 heterocycles. The van der Waals surface area contributed by atoms with Crippen LogP contribution in [0.1, 0.15) is 57.0 Å². The van der Waals surface area contributed by atoms with Crippen molar-refractivity contribution in [2.45, 2.75) is 45.6 Å². The third-order valence-corrected chi connectivity index (χ3v) is 7.84. The van der Waals surface area contributed by atoms with Crippen molar-refractivity contribution in [3.8, 4) is 0 Å². The van der Waals surface area contributed by atoms with Crippen molar-refractivity contribution >= 4 is 19.4 Å². The molecule has 4 rings (SSSR count). The van der Waals surface area contributed by atoms with Crippen LogP contribution in [0.2, 0.25) is 0 Å². The minimum atomic E-state index is -1.84. The van der Waals surface area contributed by atoms with Gasteiger partial charge in [0.1, 0.15) is 0 Å². The molecule has 1 unspecified atom stereocenters. The summed E-state index contributed by atoms with van der Waals surface area (Å²) in [6.45, 7) is 6.76. The van der Waals surface area contributed by atoms with Gasteiger partial charge in [0.15, 0.2) is 0 Å². The Morgan fingerprint density at radius 3 is 1.89 bits per heavy atom. The summed E-state index contributed by atoms with van der Waals surface area (Å²) < 4.78 is 7.00. The predicted molar refractivity (Wildman–Crippen MR) is 119 cm³/mol. The Morgan fingerprint density at radius 2 is 1.39 bits per heavy atom. The smallest absolute Gasteiger partial charge is 0.240 e. The Bertz CT molecular complexity index is 861. The number of hydrogen-bond acceptors (Lipinski definition) is 2. The lowest BCUT2D eigenvalue weighted by molar-refractivity contribution is 0.0856. The first-order valence-electron chi connectivity index (χ1n) is 10.2. The van der Waals surface area contributed by atoms with Gasteiger partial charge in [0.25, 0.3) is 0 Å². The summed E-state index contributed by atoms with van der Waals surface area (Å²) in [7, 11) is -1.84. The maximum atomic E-state index is 7.00. The lowest BCUT2D eigenvalue weighted by Crippen LogP contribution is -2.47. The molecule has 3 heteroatoms. The summed E-state index contributed by atoms with van der Waals surface area (Å²) in [6.07, 6.45) is 2.49. The Hall–Kier alpha value is -2.23. The molecule has 144 valence electrons. The Morgan fingerprint density at radius 1 is 0.821 bits per heavy atom. The number of aromatic nitrogens is 1. The molecule has 1 aromatic heterocycles. The number of rotatable bonds is 6. The van der Waals surface area contributed by atoms with Crippen LogP contribution in [-0.4, -0.2) is 14.0 Å². The number of nitrogens with zero attached hydrogens (tertiary/aromatic N) is 1. The van der Waals surface area contributed by atoms with E-state index in [0.717, 1.165) is 5.69 Å². The van der Waals surface area contributed by atoms with E-state index in [1.807, 2.05) is 0 Å². The Labute approximate surface area is 170 Å². The quantitative estimate of drug-likeness (QED) is 0.577. The molecule has 1 aliphatic carbocycles. The summed E-state index contributed by atoms with van der Waals surface area (Å²) in [5.41, 5.74) is 2.26. The van der Waals surface area contributed by atoms with E-state index in [9.17, 15) is 0 Å². The van der Waals surface area contributed by atoms with Crippen LogP contribution in [0.25, 0.3) is 0 Å². The van der Waals surface area contributed by atoms with Gasteiger partial charge >= 0.3 is 0 Å². The average molecular weight is 388 g/mol. The van der Waals surface area contributed by atoms with E-state index in [4.69, 9.17) is 9.41 Å². The van der Waals surface area contributed by atoms with E-state index in [1.54, 1.807) is 0 Å². The molecule has 0 amide bonds. The zero-order chi connectivity index (χ0) is 19.6. The highest BCUT2D eigenvalue weighted by Crippen LogP contribution is 2.41. The van der Waals surface area contributed by atoms with E-state index in [2.05, 4.69) is 99.6 Å². The number of benzene rings is 2. The maximum absolute atomic E-state index is 7.00. The fraction of sp³-hybridized carbons (Fsp3) is 0.320. The molecule has 0 radical (unpaired) electrons. The van der Waals surface area contributed by atoms with Crippen LogP contribution in [0, 0.1) is 5.41 Å². The summed E-state index contributed by atoms with van der Waals surface area (Å²) in [4.78, 5) is 5.04. The van der Waals surface area contributed by atoms with Gasteiger partial charge in [-0.2, -0.15) is 0 Å². The third-order valence-electron chi connectivity index (χ3n) is 5.32. The Balaban J connectivity index is 1.72. The van der Waals surface area contributed by atoms with Crippen LogP contribution in [0.3, 0.4) is 0 Å². The second kappa shape index (κ2) is 8.02. The lowest BCUT2D eigenvalue weighted by Gasteiger charge is -2.34. The molecule has 0 N–H and O–H groups in total. The second-order valence-corrected chi connectivity index (χ2v) is 11.2. The van der Waals surface area contributed by atoms with Crippen molar-refractivity contribution in [2.24, 2.45) is 5.41 Å². The first kappa shape index (κ1) is 19.1. The van der Waals surface area contributed by atoms with E-state index in [-0.39, 0.29) is 11.5 Å². The summed E-state index contributed by atoms with van der Waals surface area (Å²) >= 11 is 0. The van der Waals surface area contributed by atoms with Crippen molar-refractivity contribution in [3.05, 3.63) is 90.3 Å². The highest BCUT2D eigenvalue weighted by atomic mass is 28.3.